The minimum atomic E-state index is -1.39. The molecule has 1 aromatic heterocycles. The van der Waals surface area contributed by atoms with E-state index >= 15 is 0 Å². The molecule has 8 heteroatoms. The van der Waals surface area contributed by atoms with Crippen molar-refractivity contribution < 1.29 is 23.8 Å². The Balaban J connectivity index is 2.29. The average Bonchev–Trinajstić information content (AvgIpc) is 2.83. The average molecular weight is 321 g/mol. The molecule has 1 atom stereocenters. The molecule has 0 bridgehead atoms. The number of carbonyl (C=O) groups is 2. The van der Waals surface area contributed by atoms with Crippen LogP contribution in [0.2, 0.25) is 0 Å². The topological polar surface area (TPSA) is 93.5 Å². The molecule has 0 radical (unpaired) electrons. The number of amides is 1. The standard InChI is InChI=1S/C15H16FN3O4/c1-8-6-11(19(2)18-8)14(20)17-13(15(21)22)9-4-5-12(23-3)10(16)7-9/h4-7,13H,1-3H3,(H,17,20)(H,21,22). The van der Waals surface area contributed by atoms with Crippen LogP contribution >= 0.6 is 0 Å². The summed E-state index contributed by atoms with van der Waals surface area (Å²) in [5.74, 6) is -2.63. The van der Waals surface area contributed by atoms with E-state index in [-0.39, 0.29) is 17.0 Å². The number of aromatic nitrogens is 2. The normalized spacial score (nSPS) is 11.8. The maximum Gasteiger partial charge on any atom is 0.330 e. The molecule has 23 heavy (non-hydrogen) atoms. The number of halogens is 1. The number of carbonyl (C=O) groups excluding carboxylic acids is 1. The minimum Gasteiger partial charge on any atom is -0.494 e. The Bertz CT molecular complexity index is 757. The van der Waals surface area contributed by atoms with Gasteiger partial charge in [0.15, 0.2) is 17.6 Å². The summed E-state index contributed by atoms with van der Waals surface area (Å²) in [6.45, 7) is 1.71. The van der Waals surface area contributed by atoms with E-state index < -0.39 is 23.7 Å². The van der Waals surface area contributed by atoms with E-state index in [0.29, 0.717) is 5.69 Å². The third-order valence-electron chi connectivity index (χ3n) is 3.27. The largest absolute Gasteiger partial charge is 0.494 e. The van der Waals surface area contributed by atoms with Gasteiger partial charge >= 0.3 is 5.97 Å². The van der Waals surface area contributed by atoms with Crippen LogP contribution in [0.4, 0.5) is 4.39 Å². The Labute approximate surface area is 131 Å². The second-order valence-corrected chi connectivity index (χ2v) is 4.93. The van der Waals surface area contributed by atoms with E-state index in [1.54, 1.807) is 14.0 Å². The number of nitrogens with one attached hydrogen (secondary N) is 1. The SMILES string of the molecule is COc1ccc(C(NC(=O)c2cc(C)nn2C)C(=O)O)cc1F. The fourth-order valence-electron chi connectivity index (χ4n) is 2.18. The fourth-order valence-corrected chi connectivity index (χ4v) is 2.18. The molecule has 0 saturated heterocycles. The molecule has 0 spiro atoms. The van der Waals surface area contributed by atoms with Gasteiger partial charge in [-0.15, -0.1) is 0 Å². The highest BCUT2D eigenvalue weighted by molar-refractivity contribution is 5.95. The number of benzene rings is 1. The Hall–Kier alpha value is -2.90. The molecule has 1 aromatic carbocycles. The van der Waals surface area contributed by atoms with Crippen LogP contribution in [0.5, 0.6) is 5.75 Å². The minimum absolute atomic E-state index is 0.00789. The molecule has 0 aliphatic rings. The highest BCUT2D eigenvalue weighted by Crippen LogP contribution is 2.22. The lowest BCUT2D eigenvalue weighted by Gasteiger charge is -2.15. The summed E-state index contributed by atoms with van der Waals surface area (Å²) in [6.07, 6.45) is 0. The number of aryl methyl sites for hydroxylation is 2. The molecule has 1 amide bonds. The maximum absolute atomic E-state index is 13.8. The van der Waals surface area contributed by atoms with Gasteiger partial charge in [-0.1, -0.05) is 6.07 Å². The van der Waals surface area contributed by atoms with Gasteiger partial charge in [0.1, 0.15) is 5.69 Å². The van der Waals surface area contributed by atoms with Crippen molar-refractivity contribution in [3.63, 3.8) is 0 Å². The van der Waals surface area contributed by atoms with Crippen LogP contribution in [0.1, 0.15) is 27.8 Å². The van der Waals surface area contributed by atoms with Gasteiger partial charge in [0.2, 0.25) is 0 Å². The van der Waals surface area contributed by atoms with Crippen LogP contribution in [0.15, 0.2) is 24.3 Å². The molecule has 2 N–H and O–H groups in total. The van der Waals surface area contributed by atoms with Crippen LogP contribution in [0.3, 0.4) is 0 Å². The predicted octanol–water partition coefficient (Wildman–Crippen LogP) is 1.43. The summed E-state index contributed by atoms with van der Waals surface area (Å²) in [4.78, 5) is 23.7. The van der Waals surface area contributed by atoms with Crippen molar-refractivity contribution in [2.24, 2.45) is 7.05 Å². The first-order chi connectivity index (χ1) is 10.8. The molecule has 7 nitrogen and oxygen atoms in total. The monoisotopic (exact) mass is 321 g/mol. The van der Waals surface area contributed by atoms with Gasteiger partial charge < -0.3 is 15.2 Å². The summed E-state index contributed by atoms with van der Waals surface area (Å²) >= 11 is 0. The number of carboxylic acids is 1. The Kier molecular flexibility index (Phi) is 4.63. The van der Waals surface area contributed by atoms with E-state index in [9.17, 15) is 19.1 Å². The number of hydrogen-bond donors (Lipinski definition) is 2. The summed E-state index contributed by atoms with van der Waals surface area (Å²) in [5, 5.41) is 15.7. The lowest BCUT2D eigenvalue weighted by atomic mass is 10.1. The summed E-state index contributed by atoms with van der Waals surface area (Å²) in [5.41, 5.74) is 0.936. The summed E-state index contributed by atoms with van der Waals surface area (Å²) < 4.78 is 19.9. The van der Waals surface area contributed by atoms with Crippen molar-refractivity contribution in [2.45, 2.75) is 13.0 Å². The Morgan fingerprint density at radius 2 is 2.09 bits per heavy atom. The van der Waals surface area contributed by atoms with Gasteiger partial charge in [0, 0.05) is 7.05 Å². The number of aliphatic carboxylic acids is 1. The zero-order chi connectivity index (χ0) is 17.1. The molecule has 2 rings (SSSR count). The lowest BCUT2D eigenvalue weighted by Crippen LogP contribution is -2.34. The molecular formula is C15H16FN3O4. The predicted molar refractivity (Wildman–Crippen MR) is 78.7 cm³/mol. The smallest absolute Gasteiger partial charge is 0.330 e. The van der Waals surface area contributed by atoms with E-state index in [2.05, 4.69) is 10.4 Å². The highest BCUT2D eigenvalue weighted by Gasteiger charge is 2.25. The first kappa shape index (κ1) is 16.5. The van der Waals surface area contributed by atoms with Crippen molar-refractivity contribution in [1.29, 1.82) is 0 Å². The Morgan fingerprint density at radius 3 is 2.57 bits per heavy atom. The maximum atomic E-state index is 13.8. The van der Waals surface area contributed by atoms with Crippen molar-refractivity contribution in [2.75, 3.05) is 7.11 Å². The van der Waals surface area contributed by atoms with E-state index in [4.69, 9.17) is 4.74 Å². The number of methoxy groups -OCH3 is 1. The molecule has 0 saturated carbocycles. The second-order valence-electron chi connectivity index (χ2n) is 4.93. The van der Waals surface area contributed by atoms with Crippen molar-refractivity contribution in [3.05, 3.63) is 47.0 Å². The van der Waals surface area contributed by atoms with Crippen LogP contribution < -0.4 is 10.1 Å². The third-order valence-corrected chi connectivity index (χ3v) is 3.27. The van der Waals surface area contributed by atoms with Crippen LogP contribution in [-0.2, 0) is 11.8 Å². The van der Waals surface area contributed by atoms with Crippen molar-refractivity contribution in [3.8, 4) is 5.75 Å². The number of carboxylic acid groups (broad SMARTS) is 1. The molecule has 2 aromatic rings. The number of hydrogen-bond acceptors (Lipinski definition) is 4. The second kappa shape index (κ2) is 6.47. The van der Waals surface area contributed by atoms with Crippen LogP contribution in [-0.4, -0.2) is 33.9 Å². The summed E-state index contributed by atoms with van der Waals surface area (Å²) in [7, 11) is 2.88. The van der Waals surface area contributed by atoms with E-state index in [1.807, 2.05) is 0 Å². The first-order valence-corrected chi connectivity index (χ1v) is 6.71. The zero-order valence-corrected chi connectivity index (χ0v) is 12.8. The van der Waals surface area contributed by atoms with Gasteiger partial charge in [-0.25, -0.2) is 9.18 Å². The molecule has 1 heterocycles. The highest BCUT2D eigenvalue weighted by atomic mass is 19.1. The fraction of sp³-hybridized carbons (Fsp3) is 0.267. The van der Waals surface area contributed by atoms with Gasteiger partial charge in [-0.3, -0.25) is 9.48 Å². The number of ether oxygens (including phenoxy) is 1. The van der Waals surface area contributed by atoms with E-state index in [0.717, 1.165) is 6.07 Å². The number of rotatable bonds is 5. The van der Waals surface area contributed by atoms with Gasteiger partial charge in [0.25, 0.3) is 5.91 Å². The molecule has 0 aliphatic heterocycles. The number of nitrogens with zero attached hydrogens (tertiary/aromatic N) is 2. The molecule has 122 valence electrons. The van der Waals surface area contributed by atoms with E-state index in [1.165, 1.54) is 30.0 Å². The van der Waals surface area contributed by atoms with Crippen LogP contribution in [0.25, 0.3) is 0 Å². The van der Waals surface area contributed by atoms with Crippen LogP contribution in [0, 0.1) is 12.7 Å². The lowest BCUT2D eigenvalue weighted by molar-refractivity contribution is -0.139. The molecular weight excluding hydrogens is 305 g/mol. The first-order valence-electron chi connectivity index (χ1n) is 6.71. The zero-order valence-electron chi connectivity index (χ0n) is 12.8. The van der Waals surface area contributed by atoms with Gasteiger partial charge in [0.05, 0.1) is 12.8 Å². The quantitative estimate of drug-likeness (QED) is 0.869. The van der Waals surface area contributed by atoms with Crippen molar-refractivity contribution in [1.82, 2.24) is 15.1 Å². The van der Waals surface area contributed by atoms with Gasteiger partial charge in [-0.2, -0.15) is 5.10 Å². The summed E-state index contributed by atoms with van der Waals surface area (Å²) in [6, 6.07) is 3.85. The van der Waals surface area contributed by atoms with Crippen molar-refractivity contribution >= 4 is 11.9 Å². The van der Waals surface area contributed by atoms with Gasteiger partial charge in [-0.05, 0) is 30.7 Å². The Morgan fingerprint density at radius 1 is 1.39 bits per heavy atom. The molecule has 0 fully saturated rings. The molecule has 0 aliphatic carbocycles. The third kappa shape index (κ3) is 3.47. The molecule has 1 unspecified atom stereocenters.